The van der Waals surface area contributed by atoms with E-state index >= 15 is 0 Å². The summed E-state index contributed by atoms with van der Waals surface area (Å²) in [6.45, 7) is -1.16. The predicted octanol–water partition coefficient (Wildman–Crippen LogP) is -0.195. The van der Waals surface area contributed by atoms with Crippen LogP contribution in [-0.4, -0.2) is 53.0 Å². The van der Waals surface area contributed by atoms with Gasteiger partial charge in [-0.15, -0.1) is 0 Å². The minimum absolute atomic E-state index is 0.0518. The number of carbonyl (C=O) groups excluding carboxylic acids is 1. The summed E-state index contributed by atoms with van der Waals surface area (Å²) in [4.78, 5) is 21.8. The summed E-state index contributed by atoms with van der Waals surface area (Å²) in [5, 5.41) is 29.6. The van der Waals surface area contributed by atoms with Gasteiger partial charge in [0, 0.05) is 12.1 Å². The Labute approximate surface area is 118 Å². The zero-order valence-corrected chi connectivity index (χ0v) is 10.8. The van der Waals surface area contributed by atoms with Gasteiger partial charge < -0.3 is 24.4 Å². The van der Waals surface area contributed by atoms with Crippen LogP contribution in [0.5, 0.6) is 0 Å². The maximum Gasteiger partial charge on any atom is 0.340 e. The van der Waals surface area contributed by atoms with Crippen LogP contribution in [0.3, 0.4) is 0 Å². The highest BCUT2D eigenvalue weighted by molar-refractivity contribution is 5.89. The quantitative estimate of drug-likeness (QED) is 0.444. The molecule has 0 aliphatic carbocycles. The molecule has 0 saturated carbocycles. The number of nitro groups is 1. The minimum Gasteiger partial charge on any atom is -0.429 e. The Morgan fingerprint density at radius 3 is 2.71 bits per heavy atom. The molecule has 1 aromatic carbocycles. The summed E-state index contributed by atoms with van der Waals surface area (Å²) in [6.07, 6.45) is -1.39. The molecule has 114 valence electrons. The first kappa shape index (κ1) is 15.3. The molecule has 2 atom stereocenters. The van der Waals surface area contributed by atoms with Crippen molar-refractivity contribution in [1.82, 2.24) is 0 Å². The first-order valence-electron chi connectivity index (χ1n) is 5.94. The van der Waals surface area contributed by atoms with Gasteiger partial charge in [0.15, 0.2) is 12.4 Å². The fraction of sp³-hybridized carbons (Fsp3) is 0.417. The van der Waals surface area contributed by atoms with E-state index in [0.717, 1.165) is 12.1 Å². The zero-order chi connectivity index (χ0) is 15.5. The van der Waals surface area contributed by atoms with Gasteiger partial charge in [-0.1, -0.05) is 0 Å². The molecule has 9 nitrogen and oxygen atoms in total. The molecule has 2 rings (SSSR count). The SMILES string of the molecule is O=C(OC1OCOCC1(O)CO)c1ccc([N+](=O)[O-])cc1. The molecule has 0 amide bonds. The third-order valence-electron chi connectivity index (χ3n) is 2.90. The van der Waals surface area contributed by atoms with E-state index in [0.29, 0.717) is 0 Å². The number of carbonyl (C=O) groups is 1. The lowest BCUT2D eigenvalue weighted by Gasteiger charge is -2.36. The second-order valence-electron chi connectivity index (χ2n) is 4.44. The molecule has 0 aromatic heterocycles. The number of aliphatic hydroxyl groups excluding tert-OH is 1. The smallest absolute Gasteiger partial charge is 0.340 e. The van der Waals surface area contributed by atoms with E-state index in [4.69, 9.17) is 19.3 Å². The van der Waals surface area contributed by atoms with Crippen molar-refractivity contribution in [3.63, 3.8) is 0 Å². The lowest BCUT2D eigenvalue weighted by Crippen LogP contribution is -2.56. The lowest BCUT2D eigenvalue weighted by atomic mass is 10.1. The molecule has 1 heterocycles. The van der Waals surface area contributed by atoms with Crippen molar-refractivity contribution in [2.75, 3.05) is 20.0 Å². The Balaban J connectivity index is 2.08. The summed E-state index contributed by atoms with van der Waals surface area (Å²) in [7, 11) is 0. The molecule has 2 N–H and O–H groups in total. The fourth-order valence-electron chi connectivity index (χ4n) is 1.70. The Kier molecular flexibility index (Phi) is 4.48. The van der Waals surface area contributed by atoms with E-state index in [9.17, 15) is 20.0 Å². The van der Waals surface area contributed by atoms with Crippen LogP contribution in [0.1, 0.15) is 10.4 Å². The van der Waals surface area contributed by atoms with Crippen LogP contribution in [0.2, 0.25) is 0 Å². The summed E-state index contributed by atoms with van der Waals surface area (Å²) >= 11 is 0. The van der Waals surface area contributed by atoms with Gasteiger partial charge in [-0.3, -0.25) is 10.1 Å². The molecule has 1 aromatic rings. The number of nitrogens with zero attached hydrogens (tertiary/aromatic N) is 1. The molecule has 2 unspecified atom stereocenters. The molecule has 0 radical (unpaired) electrons. The van der Waals surface area contributed by atoms with Crippen molar-refractivity contribution in [3.8, 4) is 0 Å². The van der Waals surface area contributed by atoms with Gasteiger partial charge in [0.1, 0.15) is 0 Å². The highest BCUT2D eigenvalue weighted by atomic mass is 16.8. The average molecular weight is 299 g/mol. The molecule has 1 saturated heterocycles. The van der Waals surface area contributed by atoms with E-state index in [1.807, 2.05) is 0 Å². The number of hydrogen-bond acceptors (Lipinski definition) is 8. The number of rotatable bonds is 4. The van der Waals surface area contributed by atoms with Crippen molar-refractivity contribution < 1.29 is 34.1 Å². The Hall–Kier alpha value is -2.07. The minimum atomic E-state index is -1.85. The predicted molar refractivity (Wildman–Crippen MR) is 66.2 cm³/mol. The molecule has 0 spiro atoms. The zero-order valence-electron chi connectivity index (χ0n) is 10.8. The van der Waals surface area contributed by atoms with Gasteiger partial charge >= 0.3 is 5.97 Å². The molecule has 1 fully saturated rings. The number of esters is 1. The summed E-state index contributed by atoms with van der Waals surface area (Å²) in [5.41, 5.74) is -1.97. The van der Waals surface area contributed by atoms with Crippen LogP contribution in [0.25, 0.3) is 0 Å². The topological polar surface area (TPSA) is 128 Å². The number of aliphatic hydroxyl groups is 2. The van der Waals surface area contributed by atoms with Crippen molar-refractivity contribution in [1.29, 1.82) is 0 Å². The standard InChI is InChI=1S/C12H13NO8/c14-5-12(16)6-19-7-20-11(12)21-10(15)8-1-3-9(4-2-8)13(17)18/h1-4,11,14,16H,5-7H2. The highest BCUT2D eigenvalue weighted by Gasteiger charge is 2.43. The number of ether oxygens (including phenoxy) is 3. The van der Waals surface area contributed by atoms with Gasteiger partial charge in [0.2, 0.25) is 6.29 Å². The molecular weight excluding hydrogens is 286 g/mol. The molecule has 21 heavy (non-hydrogen) atoms. The van der Waals surface area contributed by atoms with Gasteiger partial charge in [0.25, 0.3) is 5.69 Å². The fourth-order valence-corrected chi connectivity index (χ4v) is 1.70. The molecule has 1 aliphatic rings. The average Bonchev–Trinajstić information content (AvgIpc) is 2.49. The van der Waals surface area contributed by atoms with Crippen molar-refractivity contribution >= 4 is 11.7 Å². The summed E-state index contributed by atoms with van der Waals surface area (Å²) in [6, 6.07) is 4.74. The molecular formula is C12H13NO8. The van der Waals surface area contributed by atoms with Gasteiger partial charge in [-0.25, -0.2) is 4.79 Å². The number of non-ortho nitro benzene ring substituents is 1. The van der Waals surface area contributed by atoms with Crippen LogP contribution in [0.4, 0.5) is 5.69 Å². The van der Waals surface area contributed by atoms with Crippen LogP contribution in [0.15, 0.2) is 24.3 Å². The van der Waals surface area contributed by atoms with Gasteiger partial charge in [-0.05, 0) is 12.1 Å². The first-order valence-corrected chi connectivity index (χ1v) is 5.94. The van der Waals surface area contributed by atoms with Crippen molar-refractivity contribution in [2.24, 2.45) is 0 Å². The van der Waals surface area contributed by atoms with E-state index in [2.05, 4.69) is 0 Å². The maximum absolute atomic E-state index is 11.9. The molecule has 1 aliphatic heterocycles. The second kappa shape index (κ2) is 6.14. The van der Waals surface area contributed by atoms with Crippen molar-refractivity contribution in [2.45, 2.75) is 11.9 Å². The summed E-state index contributed by atoms with van der Waals surface area (Å²) in [5.74, 6) is -0.844. The van der Waals surface area contributed by atoms with E-state index < -0.39 is 29.4 Å². The van der Waals surface area contributed by atoms with Gasteiger partial charge in [0.05, 0.1) is 23.7 Å². The van der Waals surface area contributed by atoms with Crippen LogP contribution in [-0.2, 0) is 14.2 Å². The lowest BCUT2D eigenvalue weighted by molar-refractivity contribution is -0.384. The van der Waals surface area contributed by atoms with Crippen LogP contribution < -0.4 is 0 Å². The number of hydrogen-bond donors (Lipinski definition) is 2. The third kappa shape index (κ3) is 3.34. The third-order valence-corrected chi connectivity index (χ3v) is 2.90. The Morgan fingerprint density at radius 1 is 1.48 bits per heavy atom. The highest BCUT2D eigenvalue weighted by Crippen LogP contribution is 2.22. The van der Waals surface area contributed by atoms with E-state index in [-0.39, 0.29) is 24.7 Å². The number of benzene rings is 1. The van der Waals surface area contributed by atoms with Crippen LogP contribution in [0, 0.1) is 10.1 Å². The molecule has 9 heteroatoms. The molecule has 0 bridgehead atoms. The Bertz CT molecular complexity index is 531. The van der Waals surface area contributed by atoms with Gasteiger partial charge in [-0.2, -0.15) is 0 Å². The normalized spacial score (nSPS) is 25.3. The Morgan fingerprint density at radius 2 is 2.14 bits per heavy atom. The first-order chi connectivity index (χ1) is 9.96. The number of nitro benzene ring substituents is 1. The van der Waals surface area contributed by atoms with Crippen LogP contribution >= 0.6 is 0 Å². The monoisotopic (exact) mass is 299 g/mol. The van der Waals surface area contributed by atoms with E-state index in [1.165, 1.54) is 12.1 Å². The van der Waals surface area contributed by atoms with E-state index in [1.54, 1.807) is 0 Å². The maximum atomic E-state index is 11.9. The second-order valence-corrected chi connectivity index (χ2v) is 4.44. The summed E-state index contributed by atoms with van der Waals surface area (Å²) < 4.78 is 14.8. The van der Waals surface area contributed by atoms with Crippen molar-refractivity contribution in [3.05, 3.63) is 39.9 Å². The largest absolute Gasteiger partial charge is 0.429 e.